The first-order chi connectivity index (χ1) is 9.92. The molecule has 0 aliphatic rings. The first kappa shape index (κ1) is 16.1. The lowest BCUT2D eigenvalue weighted by Crippen LogP contribution is -2.23. The van der Waals surface area contributed by atoms with Crippen molar-refractivity contribution in [3.63, 3.8) is 0 Å². The predicted octanol–water partition coefficient (Wildman–Crippen LogP) is 4.50. The fourth-order valence-corrected chi connectivity index (χ4v) is 2.82. The lowest BCUT2D eigenvalue weighted by Gasteiger charge is -2.22. The van der Waals surface area contributed by atoms with Crippen LogP contribution in [0.15, 0.2) is 48.5 Å². The van der Waals surface area contributed by atoms with Gasteiger partial charge in [-0.3, -0.25) is 0 Å². The Morgan fingerprint density at radius 3 is 2.14 bits per heavy atom. The molecule has 0 amide bonds. The maximum absolute atomic E-state index is 12.5. The number of halogens is 4. The smallest absolute Gasteiger partial charge is 0.405 e. The molecule has 1 N–H and O–H groups in total. The molecule has 2 aromatic carbocycles. The van der Waals surface area contributed by atoms with E-state index in [1.807, 2.05) is 24.3 Å². The monoisotopic (exact) mass is 407 g/mol. The van der Waals surface area contributed by atoms with Crippen LogP contribution in [0.1, 0.15) is 17.2 Å². The van der Waals surface area contributed by atoms with Crippen molar-refractivity contribution in [3.8, 4) is 5.75 Å². The van der Waals surface area contributed by atoms with E-state index < -0.39 is 6.36 Å². The molecular formula is C15H13F3INO. The number of alkyl halides is 3. The Bertz CT molecular complexity index is 616. The van der Waals surface area contributed by atoms with Gasteiger partial charge in [0, 0.05) is 9.13 Å². The Labute approximate surface area is 134 Å². The van der Waals surface area contributed by atoms with Crippen LogP contribution in [-0.2, 0) is 0 Å². The van der Waals surface area contributed by atoms with Crippen molar-refractivity contribution >= 4 is 22.6 Å². The zero-order valence-electron chi connectivity index (χ0n) is 11.1. The van der Waals surface area contributed by atoms with Gasteiger partial charge in [-0.2, -0.15) is 0 Å². The summed E-state index contributed by atoms with van der Waals surface area (Å²) in [4.78, 5) is 0. The van der Waals surface area contributed by atoms with Crippen LogP contribution < -0.4 is 10.1 Å². The summed E-state index contributed by atoms with van der Waals surface area (Å²) < 4.78 is 42.7. The van der Waals surface area contributed by atoms with Crippen LogP contribution in [0.5, 0.6) is 5.75 Å². The van der Waals surface area contributed by atoms with E-state index in [-0.39, 0.29) is 11.8 Å². The number of hydrogen-bond acceptors (Lipinski definition) is 2. The maximum atomic E-state index is 12.5. The molecule has 1 atom stereocenters. The van der Waals surface area contributed by atoms with Crippen molar-refractivity contribution in [1.29, 1.82) is 0 Å². The van der Waals surface area contributed by atoms with Crippen LogP contribution >= 0.6 is 22.6 Å². The number of para-hydroxylation sites is 1. The van der Waals surface area contributed by atoms with Gasteiger partial charge in [0.15, 0.2) is 0 Å². The van der Waals surface area contributed by atoms with Crippen molar-refractivity contribution in [3.05, 3.63) is 63.2 Å². The Kier molecular flexibility index (Phi) is 5.10. The van der Waals surface area contributed by atoms with Gasteiger partial charge in [0.2, 0.25) is 0 Å². The minimum Gasteiger partial charge on any atom is -0.405 e. The first-order valence-corrected chi connectivity index (χ1v) is 7.26. The van der Waals surface area contributed by atoms with Crippen LogP contribution in [0.3, 0.4) is 0 Å². The highest BCUT2D eigenvalue weighted by Gasteiger charge is 2.33. The second kappa shape index (κ2) is 6.65. The molecule has 112 valence electrons. The lowest BCUT2D eigenvalue weighted by atomic mass is 9.98. The molecule has 0 bridgehead atoms. The summed E-state index contributed by atoms with van der Waals surface area (Å²) in [6.45, 7) is 0. The van der Waals surface area contributed by atoms with Gasteiger partial charge in [-0.1, -0.05) is 36.4 Å². The van der Waals surface area contributed by atoms with E-state index in [0.717, 1.165) is 9.13 Å². The third kappa shape index (κ3) is 4.10. The van der Waals surface area contributed by atoms with Crippen LogP contribution in [0.25, 0.3) is 0 Å². The van der Waals surface area contributed by atoms with Gasteiger partial charge in [0.05, 0.1) is 6.04 Å². The van der Waals surface area contributed by atoms with Gasteiger partial charge in [-0.25, -0.2) is 0 Å². The van der Waals surface area contributed by atoms with E-state index in [2.05, 4.69) is 32.6 Å². The minimum atomic E-state index is -4.71. The minimum absolute atomic E-state index is 0.191. The molecule has 0 radical (unpaired) electrons. The lowest BCUT2D eigenvalue weighted by molar-refractivity contribution is -0.275. The third-order valence-corrected chi connectivity index (χ3v) is 3.94. The van der Waals surface area contributed by atoms with Crippen molar-refractivity contribution in [2.45, 2.75) is 12.4 Å². The fourth-order valence-electron chi connectivity index (χ4n) is 2.12. The molecule has 0 aromatic heterocycles. The molecule has 0 saturated carbocycles. The van der Waals surface area contributed by atoms with Crippen molar-refractivity contribution < 1.29 is 17.9 Å². The van der Waals surface area contributed by atoms with Gasteiger partial charge < -0.3 is 10.1 Å². The summed E-state index contributed by atoms with van der Waals surface area (Å²) in [6, 6.07) is 13.3. The Morgan fingerprint density at radius 1 is 1.00 bits per heavy atom. The molecule has 0 fully saturated rings. The van der Waals surface area contributed by atoms with E-state index in [0.29, 0.717) is 5.56 Å². The van der Waals surface area contributed by atoms with Crippen molar-refractivity contribution in [1.82, 2.24) is 5.32 Å². The topological polar surface area (TPSA) is 21.3 Å². The molecule has 0 aliphatic heterocycles. The molecule has 0 heterocycles. The highest BCUT2D eigenvalue weighted by molar-refractivity contribution is 14.1. The predicted molar refractivity (Wildman–Crippen MR) is 83.2 cm³/mol. The number of ether oxygens (including phenoxy) is 1. The second-order valence-corrected chi connectivity index (χ2v) is 5.49. The summed E-state index contributed by atoms with van der Waals surface area (Å²) in [5, 5.41) is 3.05. The van der Waals surface area contributed by atoms with Gasteiger partial charge in [0.1, 0.15) is 5.75 Å². The molecular weight excluding hydrogens is 394 g/mol. The SMILES string of the molecule is CNC(c1ccccc1I)c1ccccc1OC(F)(F)F. The largest absolute Gasteiger partial charge is 0.573 e. The normalized spacial score (nSPS) is 13.0. The number of nitrogens with one attached hydrogen (secondary N) is 1. The van der Waals surface area contributed by atoms with Gasteiger partial charge in [-0.15, -0.1) is 13.2 Å². The van der Waals surface area contributed by atoms with Gasteiger partial charge in [0.25, 0.3) is 0 Å². The van der Waals surface area contributed by atoms with Crippen LogP contribution in [0, 0.1) is 3.57 Å². The van der Waals surface area contributed by atoms with E-state index >= 15 is 0 Å². The average molecular weight is 407 g/mol. The fraction of sp³-hybridized carbons (Fsp3) is 0.200. The van der Waals surface area contributed by atoms with Crippen LogP contribution in [0.4, 0.5) is 13.2 Å². The molecule has 1 unspecified atom stereocenters. The van der Waals surface area contributed by atoms with Gasteiger partial charge >= 0.3 is 6.36 Å². The molecule has 21 heavy (non-hydrogen) atoms. The summed E-state index contributed by atoms with van der Waals surface area (Å²) in [5.74, 6) is -0.191. The summed E-state index contributed by atoms with van der Waals surface area (Å²) >= 11 is 2.16. The maximum Gasteiger partial charge on any atom is 0.573 e. The molecule has 0 saturated heterocycles. The zero-order valence-corrected chi connectivity index (χ0v) is 13.3. The number of rotatable bonds is 4. The first-order valence-electron chi connectivity index (χ1n) is 6.18. The van der Waals surface area contributed by atoms with Crippen LogP contribution in [-0.4, -0.2) is 13.4 Å². The van der Waals surface area contributed by atoms with E-state index in [1.165, 1.54) is 12.1 Å². The van der Waals surface area contributed by atoms with E-state index in [4.69, 9.17) is 0 Å². The Hall–Kier alpha value is -1.28. The highest BCUT2D eigenvalue weighted by atomic mass is 127. The number of benzene rings is 2. The highest BCUT2D eigenvalue weighted by Crippen LogP contribution is 2.34. The number of hydrogen-bond donors (Lipinski definition) is 1. The Morgan fingerprint density at radius 2 is 1.57 bits per heavy atom. The summed E-state index contributed by atoms with van der Waals surface area (Å²) in [7, 11) is 1.71. The molecule has 2 aromatic rings. The quantitative estimate of drug-likeness (QED) is 0.754. The van der Waals surface area contributed by atoms with E-state index in [9.17, 15) is 13.2 Å². The third-order valence-electron chi connectivity index (χ3n) is 2.96. The van der Waals surface area contributed by atoms with Crippen molar-refractivity contribution in [2.75, 3.05) is 7.05 Å². The van der Waals surface area contributed by atoms with E-state index in [1.54, 1.807) is 19.2 Å². The standard InChI is InChI=1S/C15H13F3INO/c1-20-14(10-6-2-4-8-12(10)19)11-7-3-5-9-13(11)21-15(16,17)18/h2-9,14,20H,1H3. The molecule has 2 nitrogen and oxygen atoms in total. The van der Waals surface area contributed by atoms with Gasteiger partial charge in [-0.05, 0) is 47.3 Å². The molecule has 0 spiro atoms. The molecule has 6 heteroatoms. The Balaban J connectivity index is 2.46. The summed E-state index contributed by atoms with van der Waals surface area (Å²) in [5.41, 5.74) is 1.35. The molecule has 2 rings (SSSR count). The zero-order chi connectivity index (χ0) is 15.5. The average Bonchev–Trinajstić information content (AvgIpc) is 2.42. The van der Waals surface area contributed by atoms with Crippen LogP contribution in [0.2, 0.25) is 0 Å². The van der Waals surface area contributed by atoms with Crippen molar-refractivity contribution in [2.24, 2.45) is 0 Å². The second-order valence-electron chi connectivity index (χ2n) is 4.33. The summed E-state index contributed by atoms with van der Waals surface area (Å²) in [6.07, 6.45) is -4.71. The molecule has 0 aliphatic carbocycles.